The number of amides is 1. The van der Waals surface area contributed by atoms with Crippen LogP contribution in [0.5, 0.6) is 11.5 Å². The van der Waals surface area contributed by atoms with Crippen LogP contribution in [0.1, 0.15) is 22.9 Å². The minimum absolute atomic E-state index is 0.212. The Bertz CT molecular complexity index is 1400. The molecular weight excluding hydrogens is 448 g/mol. The minimum Gasteiger partial charge on any atom is -0.493 e. The molecule has 0 spiro atoms. The van der Waals surface area contributed by atoms with Gasteiger partial charge in [-0.1, -0.05) is 71.9 Å². The Morgan fingerprint density at radius 3 is 2.56 bits per heavy atom. The zero-order chi connectivity index (χ0) is 23.7. The van der Waals surface area contributed by atoms with Crippen LogP contribution in [-0.4, -0.2) is 30.3 Å². The smallest absolute Gasteiger partial charge is 0.276 e. The third-order valence-corrected chi connectivity index (χ3v) is 6.66. The molecule has 34 heavy (non-hydrogen) atoms. The highest BCUT2D eigenvalue weighted by molar-refractivity contribution is 8.13. The number of aryl methyl sites for hydroxylation is 1. The molecule has 1 atom stereocenters. The van der Waals surface area contributed by atoms with Gasteiger partial charge in [-0.2, -0.15) is 0 Å². The molecule has 0 saturated carbocycles. The molecule has 1 N–H and O–H groups in total. The molecule has 3 aromatic carbocycles. The number of nitrogens with zero attached hydrogens (tertiary/aromatic N) is 3. The Kier molecular flexibility index (Phi) is 5.98. The Morgan fingerprint density at radius 1 is 1.00 bits per heavy atom. The van der Waals surface area contributed by atoms with E-state index in [1.54, 1.807) is 19.2 Å². The number of rotatable bonds is 5. The maximum absolute atomic E-state index is 13.3. The monoisotopic (exact) mass is 472 g/mol. The maximum atomic E-state index is 13.3. The number of hydrogen-bond donors (Lipinski definition) is 1. The van der Waals surface area contributed by atoms with Crippen LogP contribution >= 0.6 is 11.8 Å². The summed E-state index contributed by atoms with van der Waals surface area (Å²) < 4.78 is 11.2. The zero-order valence-corrected chi connectivity index (χ0v) is 19.9. The molecule has 0 radical (unpaired) electrons. The first-order valence-corrected chi connectivity index (χ1v) is 11.8. The second-order valence-corrected chi connectivity index (χ2v) is 8.89. The molecule has 3 aromatic rings. The van der Waals surface area contributed by atoms with Crippen molar-refractivity contribution in [2.45, 2.75) is 18.8 Å². The molecule has 7 nitrogen and oxygen atoms in total. The number of fused-ring (bicyclic) bond motifs is 2. The van der Waals surface area contributed by atoms with Crippen LogP contribution in [0.25, 0.3) is 5.70 Å². The van der Waals surface area contributed by atoms with E-state index in [2.05, 4.69) is 36.5 Å². The third kappa shape index (κ3) is 4.01. The molecule has 2 heterocycles. The molecule has 8 heteroatoms. The van der Waals surface area contributed by atoms with E-state index < -0.39 is 6.17 Å². The first-order chi connectivity index (χ1) is 16.6. The minimum atomic E-state index is -0.587. The molecule has 1 amide bonds. The van der Waals surface area contributed by atoms with Gasteiger partial charge in [0.2, 0.25) is 0 Å². The number of para-hydroxylation sites is 2. The number of carbonyl (C=O) groups excluding carboxylic acids is 1. The highest BCUT2D eigenvalue weighted by Gasteiger charge is 2.36. The Labute approximate surface area is 201 Å². The second-order valence-electron chi connectivity index (χ2n) is 7.93. The van der Waals surface area contributed by atoms with Crippen LogP contribution in [0.4, 0.5) is 0 Å². The summed E-state index contributed by atoms with van der Waals surface area (Å²) in [5, 5.41) is 11.5. The number of amidine groups is 1. The molecule has 0 bridgehead atoms. The van der Waals surface area contributed by atoms with Crippen molar-refractivity contribution in [3.8, 4) is 11.5 Å². The molecule has 0 saturated heterocycles. The predicted molar refractivity (Wildman–Crippen MR) is 133 cm³/mol. The zero-order valence-electron chi connectivity index (χ0n) is 19.1. The summed E-state index contributed by atoms with van der Waals surface area (Å²) in [6.07, 6.45) is -0.587. The topological polar surface area (TPSA) is 75.5 Å². The number of hydrazone groups is 1. The highest BCUT2D eigenvalue weighted by atomic mass is 32.2. The van der Waals surface area contributed by atoms with Gasteiger partial charge in [-0.25, -0.2) is 5.01 Å². The van der Waals surface area contributed by atoms with Gasteiger partial charge in [-0.3, -0.25) is 15.1 Å². The van der Waals surface area contributed by atoms with Crippen molar-refractivity contribution >= 4 is 28.5 Å². The first-order valence-electron chi connectivity index (χ1n) is 10.8. The van der Waals surface area contributed by atoms with E-state index >= 15 is 0 Å². The normalized spacial score (nSPS) is 16.6. The van der Waals surface area contributed by atoms with E-state index in [4.69, 9.17) is 19.6 Å². The fraction of sp³-hybridized carbons (Fsp3) is 0.192. The second kappa shape index (κ2) is 9.23. The molecule has 0 fully saturated rings. The third-order valence-electron chi connectivity index (χ3n) is 5.72. The molecule has 0 aromatic heterocycles. The van der Waals surface area contributed by atoms with Crippen LogP contribution in [-0.2, 0) is 10.5 Å². The number of ether oxygens (including phenoxy) is 2. The molecule has 5 rings (SSSR count). The first kappa shape index (κ1) is 22.0. The number of carbonyl (C=O) groups is 1. The lowest BCUT2D eigenvalue weighted by atomic mass is 10.1. The molecule has 2 aliphatic heterocycles. The van der Waals surface area contributed by atoms with Gasteiger partial charge in [0.05, 0.1) is 19.6 Å². The van der Waals surface area contributed by atoms with Crippen molar-refractivity contribution in [3.63, 3.8) is 0 Å². The average molecular weight is 473 g/mol. The molecule has 0 unspecified atom stereocenters. The summed E-state index contributed by atoms with van der Waals surface area (Å²) >= 11 is 1.48. The standard InChI is InChI=1S/C26H24N4O3S/c1-16-11-13-17(14-12-16)15-34-26-28-25(31)22-18-7-4-5-9-20(18)27-24(30(22)29-26)19-8-6-10-21(32-2)23(19)33-3/h4-14,24H,15H2,1-3H3,(H,28,29,31)/t24-/m1/s1. The lowest BCUT2D eigenvalue weighted by Crippen LogP contribution is -2.50. The van der Waals surface area contributed by atoms with Crippen molar-refractivity contribution in [1.82, 2.24) is 10.3 Å². The van der Waals surface area contributed by atoms with E-state index in [1.807, 2.05) is 42.5 Å². The number of benzene rings is 3. The Balaban J connectivity index is 1.59. The van der Waals surface area contributed by atoms with Crippen molar-refractivity contribution in [2.75, 3.05) is 14.2 Å². The van der Waals surface area contributed by atoms with Gasteiger partial charge in [0.1, 0.15) is 5.70 Å². The van der Waals surface area contributed by atoms with E-state index in [0.717, 1.165) is 21.7 Å². The number of methoxy groups -OCH3 is 2. The molecular formula is C26H24N4O3S. The number of nitrogens with one attached hydrogen (secondary N) is 1. The van der Waals surface area contributed by atoms with E-state index in [1.165, 1.54) is 17.3 Å². The van der Waals surface area contributed by atoms with Crippen molar-refractivity contribution in [3.05, 3.63) is 94.0 Å². The number of thioether (sulfide) groups is 1. The van der Waals surface area contributed by atoms with Crippen LogP contribution in [0, 0.1) is 6.92 Å². The van der Waals surface area contributed by atoms with Crippen molar-refractivity contribution in [1.29, 1.82) is 0 Å². The van der Waals surface area contributed by atoms with Gasteiger partial charge in [0, 0.05) is 16.5 Å². The van der Waals surface area contributed by atoms with Gasteiger partial charge in [-0.15, -0.1) is 5.10 Å². The van der Waals surface area contributed by atoms with Crippen LogP contribution in [0.3, 0.4) is 0 Å². The molecule has 172 valence electrons. The Hall–Kier alpha value is -3.78. The van der Waals surface area contributed by atoms with Gasteiger partial charge in [0.25, 0.3) is 5.91 Å². The molecule has 0 aliphatic carbocycles. The van der Waals surface area contributed by atoms with Gasteiger partial charge in [0.15, 0.2) is 22.8 Å². The summed E-state index contributed by atoms with van der Waals surface area (Å²) in [7, 11) is 3.19. The fourth-order valence-corrected chi connectivity index (χ4v) is 4.85. The van der Waals surface area contributed by atoms with E-state index in [9.17, 15) is 4.79 Å². The van der Waals surface area contributed by atoms with Crippen LogP contribution in [0.2, 0.25) is 0 Å². The fourth-order valence-electron chi connectivity index (χ4n) is 4.05. The van der Waals surface area contributed by atoms with E-state index in [-0.39, 0.29) is 5.91 Å². The lowest BCUT2D eigenvalue weighted by Gasteiger charge is -2.34. The summed E-state index contributed by atoms with van der Waals surface area (Å²) in [4.78, 5) is 18.3. The summed E-state index contributed by atoms with van der Waals surface area (Å²) in [6.45, 7) is 2.06. The van der Waals surface area contributed by atoms with Gasteiger partial charge in [-0.05, 0) is 24.6 Å². The quantitative estimate of drug-likeness (QED) is 0.618. The Morgan fingerprint density at radius 2 is 1.79 bits per heavy atom. The average Bonchev–Trinajstić information content (AvgIpc) is 2.87. The number of hydrogen-bond acceptors (Lipinski definition) is 7. The molecule has 2 aliphatic rings. The van der Waals surface area contributed by atoms with Crippen LogP contribution in [0.15, 0.2) is 76.8 Å². The van der Waals surface area contributed by atoms with Gasteiger partial charge >= 0.3 is 0 Å². The largest absolute Gasteiger partial charge is 0.493 e. The highest BCUT2D eigenvalue weighted by Crippen LogP contribution is 2.40. The summed E-state index contributed by atoms with van der Waals surface area (Å²) in [6, 6.07) is 21.5. The predicted octanol–water partition coefficient (Wildman–Crippen LogP) is 3.09. The summed E-state index contributed by atoms with van der Waals surface area (Å²) in [5.41, 5.74) is 3.58. The SMILES string of the molecule is COc1cccc([C@@H]2N=c3ccccc3=C3C(=O)NC(SCc4ccc(C)cc4)=NN32)c1OC. The lowest BCUT2D eigenvalue weighted by molar-refractivity contribution is -0.116. The van der Waals surface area contributed by atoms with Crippen molar-refractivity contribution < 1.29 is 14.3 Å². The van der Waals surface area contributed by atoms with Crippen molar-refractivity contribution in [2.24, 2.45) is 10.1 Å². The maximum Gasteiger partial charge on any atom is 0.276 e. The van der Waals surface area contributed by atoms with E-state index in [0.29, 0.717) is 28.1 Å². The van der Waals surface area contributed by atoms with Gasteiger partial charge < -0.3 is 9.47 Å². The van der Waals surface area contributed by atoms with Crippen LogP contribution < -0.4 is 25.4 Å². The summed E-state index contributed by atoms with van der Waals surface area (Å²) in [5.74, 6) is 1.63.